The van der Waals surface area contributed by atoms with Crippen molar-refractivity contribution in [3.8, 4) is 0 Å². The van der Waals surface area contributed by atoms with Crippen LogP contribution in [0.5, 0.6) is 0 Å². The van der Waals surface area contributed by atoms with Gasteiger partial charge in [0.15, 0.2) is 5.41 Å². The molecule has 0 aliphatic heterocycles. The molecule has 0 aromatic heterocycles. The topological polar surface area (TPSA) is 101 Å². The maximum Gasteiger partial charge on any atom is 0.321 e. The Labute approximate surface area is 123 Å². The molecule has 21 heavy (non-hydrogen) atoms. The zero-order valence-corrected chi connectivity index (χ0v) is 12.6. The monoisotopic (exact) mass is 298 g/mol. The summed E-state index contributed by atoms with van der Waals surface area (Å²) in [5.41, 5.74) is -3.03. The lowest BCUT2D eigenvalue weighted by Gasteiger charge is -2.63. The van der Waals surface area contributed by atoms with E-state index in [9.17, 15) is 24.6 Å². The second-order valence-electron chi connectivity index (χ2n) is 7.61. The van der Waals surface area contributed by atoms with Crippen molar-refractivity contribution in [2.75, 3.05) is 0 Å². The minimum atomic E-state index is -2.08. The molecule has 3 saturated carbocycles. The summed E-state index contributed by atoms with van der Waals surface area (Å²) in [5, 5.41) is 18.9. The average molecular weight is 298 g/mol. The highest BCUT2D eigenvalue weighted by molar-refractivity contribution is 6.01. The lowest BCUT2D eigenvalue weighted by Crippen LogP contribution is -2.57. The van der Waals surface area contributed by atoms with Crippen molar-refractivity contribution in [3.63, 3.8) is 0 Å². The molecule has 0 aromatic carbocycles. The Kier molecular flexibility index (Phi) is 3.54. The number of hydrogen-bond acceptors (Lipinski definition) is 4. The SMILES string of the molecule is CC(C)(C)OC(=O)CC(CC12CC(C1)C2)(C(=O)O)C(=O)O. The van der Waals surface area contributed by atoms with Gasteiger partial charge in [0.25, 0.3) is 0 Å². The molecule has 0 heterocycles. The number of esters is 1. The molecule has 0 atom stereocenters. The van der Waals surface area contributed by atoms with Gasteiger partial charge in [-0.05, 0) is 57.8 Å². The van der Waals surface area contributed by atoms with Crippen molar-refractivity contribution >= 4 is 17.9 Å². The van der Waals surface area contributed by atoms with Crippen LogP contribution in [-0.2, 0) is 19.1 Å². The molecule has 0 saturated heterocycles. The number of carbonyl (C=O) groups excluding carboxylic acids is 1. The molecule has 3 rings (SSSR count). The lowest BCUT2D eigenvalue weighted by atomic mass is 9.41. The normalized spacial score (nSPS) is 27.3. The number of hydrogen-bond donors (Lipinski definition) is 2. The Hall–Kier alpha value is -1.59. The van der Waals surface area contributed by atoms with Crippen LogP contribution in [0.4, 0.5) is 0 Å². The molecule has 0 amide bonds. The molecule has 0 unspecified atom stereocenters. The second kappa shape index (κ2) is 4.71. The van der Waals surface area contributed by atoms with Crippen LogP contribution < -0.4 is 0 Å². The molecule has 6 heteroatoms. The van der Waals surface area contributed by atoms with Crippen LogP contribution in [0.3, 0.4) is 0 Å². The summed E-state index contributed by atoms with van der Waals surface area (Å²) < 4.78 is 5.11. The highest BCUT2D eigenvalue weighted by Gasteiger charge is 2.63. The molecular formula is C15H22O6. The van der Waals surface area contributed by atoms with Crippen LogP contribution in [0.2, 0.25) is 0 Å². The molecular weight excluding hydrogens is 276 g/mol. The van der Waals surface area contributed by atoms with Gasteiger partial charge in [0.2, 0.25) is 0 Å². The number of carbonyl (C=O) groups is 3. The van der Waals surface area contributed by atoms with Crippen LogP contribution in [0.1, 0.15) is 52.9 Å². The number of carboxylic acids is 2. The summed E-state index contributed by atoms with van der Waals surface area (Å²) >= 11 is 0. The van der Waals surface area contributed by atoms with Crippen LogP contribution >= 0.6 is 0 Å². The van der Waals surface area contributed by atoms with Crippen molar-refractivity contribution < 1.29 is 29.3 Å². The van der Waals surface area contributed by atoms with Gasteiger partial charge in [-0.15, -0.1) is 0 Å². The molecule has 3 fully saturated rings. The van der Waals surface area contributed by atoms with E-state index in [0.29, 0.717) is 5.92 Å². The van der Waals surface area contributed by atoms with Gasteiger partial charge in [-0.25, -0.2) is 0 Å². The van der Waals surface area contributed by atoms with E-state index in [1.54, 1.807) is 20.8 Å². The summed E-state index contributed by atoms with van der Waals surface area (Å²) in [6.45, 7) is 4.99. The van der Waals surface area contributed by atoms with E-state index in [4.69, 9.17) is 4.74 Å². The number of carboxylic acid groups (broad SMARTS) is 2. The smallest absolute Gasteiger partial charge is 0.321 e. The minimum Gasteiger partial charge on any atom is -0.480 e. The summed E-state index contributed by atoms with van der Waals surface area (Å²) in [6, 6.07) is 0. The molecule has 3 aliphatic rings. The molecule has 0 radical (unpaired) electrons. The maximum atomic E-state index is 11.9. The average Bonchev–Trinajstić information content (AvgIpc) is 2.15. The zero-order valence-electron chi connectivity index (χ0n) is 12.6. The Bertz CT molecular complexity index is 456. The van der Waals surface area contributed by atoms with Crippen LogP contribution in [-0.4, -0.2) is 33.7 Å². The van der Waals surface area contributed by atoms with Gasteiger partial charge >= 0.3 is 17.9 Å². The number of rotatable bonds is 6. The Morgan fingerprint density at radius 1 is 1.10 bits per heavy atom. The van der Waals surface area contributed by atoms with Gasteiger partial charge in [0.05, 0.1) is 6.42 Å². The second-order valence-corrected chi connectivity index (χ2v) is 7.61. The van der Waals surface area contributed by atoms with Crippen molar-refractivity contribution in [2.24, 2.45) is 16.7 Å². The minimum absolute atomic E-state index is 0.0143. The molecule has 118 valence electrons. The molecule has 3 aliphatic carbocycles. The van der Waals surface area contributed by atoms with E-state index in [0.717, 1.165) is 19.3 Å². The Morgan fingerprint density at radius 2 is 1.57 bits per heavy atom. The first-order chi connectivity index (χ1) is 9.48. The van der Waals surface area contributed by atoms with Gasteiger partial charge in [-0.3, -0.25) is 14.4 Å². The first-order valence-electron chi connectivity index (χ1n) is 7.17. The van der Waals surface area contributed by atoms with Crippen LogP contribution in [0, 0.1) is 16.7 Å². The van der Waals surface area contributed by atoms with Crippen LogP contribution in [0.15, 0.2) is 0 Å². The molecule has 2 bridgehead atoms. The number of aliphatic carboxylic acids is 2. The fourth-order valence-corrected chi connectivity index (χ4v) is 3.59. The third kappa shape index (κ3) is 2.89. The summed E-state index contributed by atoms with van der Waals surface area (Å²) in [7, 11) is 0. The van der Waals surface area contributed by atoms with E-state index in [-0.39, 0.29) is 11.8 Å². The van der Waals surface area contributed by atoms with E-state index in [2.05, 4.69) is 0 Å². The van der Waals surface area contributed by atoms with Crippen LogP contribution in [0.25, 0.3) is 0 Å². The lowest BCUT2D eigenvalue weighted by molar-refractivity contribution is -0.189. The first kappa shape index (κ1) is 15.8. The van der Waals surface area contributed by atoms with E-state index >= 15 is 0 Å². The fourth-order valence-electron chi connectivity index (χ4n) is 3.59. The van der Waals surface area contributed by atoms with Crippen molar-refractivity contribution in [2.45, 2.75) is 58.5 Å². The van der Waals surface area contributed by atoms with Gasteiger partial charge < -0.3 is 14.9 Å². The van der Waals surface area contributed by atoms with Crippen molar-refractivity contribution in [3.05, 3.63) is 0 Å². The summed E-state index contributed by atoms with van der Waals surface area (Å²) in [5.74, 6) is -3.07. The predicted molar refractivity (Wildman–Crippen MR) is 72.6 cm³/mol. The van der Waals surface area contributed by atoms with Crippen molar-refractivity contribution in [1.29, 1.82) is 0 Å². The molecule has 0 aromatic rings. The van der Waals surface area contributed by atoms with E-state index in [1.165, 1.54) is 0 Å². The molecule has 0 spiro atoms. The van der Waals surface area contributed by atoms with Gasteiger partial charge in [-0.1, -0.05) is 0 Å². The first-order valence-corrected chi connectivity index (χ1v) is 7.17. The van der Waals surface area contributed by atoms with E-state index in [1.807, 2.05) is 0 Å². The standard InChI is InChI=1S/C15H22O6/c1-13(2,3)21-10(16)7-15(11(17)18,12(19)20)8-14-4-9(5-14)6-14/h9H,4-8H2,1-3H3,(H,17,18)(H,19,20). The van der Waals surface area contributed by atoms with Gasteiger partial charge in [0.1, 0.15) is 5.60 Å². The van der Waals surface area contributed by atoms with Crippen molar-refractivity contribution in [1.82, 2.24) is 0 Å². The molecule has 6 nitrogen and oxygen atoms in total. The third-order valence-electron chi connectivity index (χ3n) is 4.53. The van der Waals surface area contributed by atoms with Gasteiger partial charge in [0, 0.05) is 0 Å². The third-order valence-corrected chi connectivity index (χ3v) is 4.53. The van der Waals surface area contributed by atoms with E-state index < -0.39 is 35.3 Å². The zero-order chi connectivity index (χ0) is 16.1. The highest BCUT2D eigenvalue weighted by Crippen LogP contribution is 2.68. The predicted octanol–water partition coefficient (Wildman–Crippen LogP) is 2.06. The fraction of sp³-hybridized carbons (Fsp3) is 0.800. The number of ether oxygens (including phenoxy) is 1. The van der Waals surface area contributed by atoms with Gasteiger partial charge in [-0.2, -0.15) is 0 Å². The largest absolute Gasteiger partial charge is 0.480 e. The molecule has 2 N–H and O–H groups in total. The summed E-state index contributed by atoms with van der Waals surface area (Å²) in [4.78, 5) is 35.2. The quantitative estimate of drug-likeness (QED) is 0.575. The summed E-state index contributed by atoms with van der Waals surface area (Å²) in [6.07, 6.45) is 2.03. The maximum absolute atomic E-state index is 11.9. The Balaban J connectivity index is 2.16. The Morgan fingerprint density at radius 3 is 1.86 bits per heavy atom. The highest BCUT2D eigenvalue weighted by atomic mass is 16.6.